The van der Waals surface area contributed by atoms with E-state index in [0.717, 1.165) is 34.6 Å². The Hall–Kier alpha value is -1.81. The number of rotatable bonds is 8. The van der Waals surface area contributed by atoms with E-state index in [1.54, 1.807) is 4.90 Å². The number of carbonyl (C=O) groups is 2. The lowest BCUT2D eigenvalue weighted by Crippen LogP contribution is -2.46. The Morgan fingerprint density at radius 2 is 1.81 bits per heavy atom. The van der Waals surface area contributed by atoms with Gasteiger partial charge in [0.15, 0.2) is 0 Å². The van der Waals surface area contributed by atoms with Crippen LogP contribution in [0, 0.1) is 10.8 Å². The highest BCUT2D eigenvalue weighted by Crippen LogP contribution is 2.50. The van der Waals surface area contributed by atoms with Crippen LogP contribution in [-0.2, 0) is 21.4 Å². The Bertz CT molecular complexity index is 895. The molecule has 1 aliphatic rings. The summed E-state index contributed by atoms with van der Waals surface area (Å²) in [5, 5.41) is 10.0. The van der Waals surface area contributed by atoms with E-state index in [0.29, 0.717) is 12.8 Å². The van der Waals surface area contributed by atoms with Gasteiger partial charge in [0.2, 0.25) is 5.91 Å². The average molecular weight is 462 g/mol. The van der Waals surface area contributed by atoms with Gasteiger partial charge < -0.3 is 10.0 Å². The monoisotopic (exact) mass is 461 g/mol. The number of halogens is 1. The van der Waals surface area contributed by atoms with E-state index >= 15 is 0 Å². The van der Waals surface area contributed by atoms with Crippen LogP contribution < -0.4 is 0 Å². The molecular formula is C27H40ClNO3. The summed E-state index contributed by atoms with van der Waals surface area (Å²) in [4.78, 5) is 26.2. The summed E-state index contributed by atoms with van der Waals surface area (Å²) >= 11 is 6.73. The van der Waals surface area contributed by atoms with Gasteiger partial charge in [0.1, 0.15) is 0 Å². The number of benzene rings is 1. The van der Waals surface area contributed by atoms with Crippen LogP contribution in [0.3, 0.4) is 0 Å². The molecule has 1 aliphatic heterocycles. The van der Waals surface area contributed by atoms with Crippen molar-refractivity contribution in [1.82, 2.24) is 4.90 Å². The van der Waals surface area contributed by atoms with Gasteiger partial charge >= 0.3 is 5.97 Å². The van der Waals surface area contributed by atoms with E-state index in [1.807, 2.05) is 26.1 Å². The van der Waals surface area contributed by atoms with Crippen LogP contribution in [0.5, 0.6) is 0 Å². The summed E-state index contributed by atoms with van der Waals surface area (Å²) in [5.41, 5.74) is 2.51. The molecule has 1 heterocycles. The molecule has 4 nitrogen and oxygen atoms in total. The molecular weight excluding hydrogens is 422 g/mol. The van der Waals surface area contributed by atoms with E-state index < -0.39 is 16.8 Å². The van der Waals surface area contributed by atoms with Crippen molar-refractivity contribution in [1.29, 1.82) is 0 Å². The first-order valence-electron chi connectivity index (χ1n) is 11.6. The Morgan fingerprint density at radius 1 is 1.19 bits per heavy atom. The van der Waals surface area contributed by atoms with Gasteiger partial charge in [-0.3, -0.25) is 9.59 Å². The minimum Gasteiger partial charge on any atom is -0.481 e. The SMILES string of the molecule is CC(C)N1C=C(C(C)(C)CCC(=O)O)C(C)(c2ccc(CCC(C)(C)C)c(Cl)c2)CC1=O. The van der Waals surface area contributed by atoms with Gasteiger partial charge in [-0.05, 0) is 66.7 Å². The zero-order chi connectivity index (χ0) is 24.5. The Kier molecular flexibility index (Phi) is 7.92. The van der Waals surface area contributed by atoms with E-state index in [9.17, 15) is 14.7 Å². The number of hydrogen-bond acceptors (Lipinski definition) is 2. The number of allylic oxidation sites excluding steroid dienone is 1. The van der Waals surface area contributed by atoms with Gasteiger partial charge in [0.25, 0.3) is 0 Å². The molecule has 32 heavy (non-hydrogen) atoms. The molecule has 5 heteroatoms. The van der Waals surface area contributed by atoms with Crippen molar-refractivity contribution >= 4 is 23.5 Å². The second kappa shape index (κ2) is 9.59. The highest BCUT2D eigenvalue weighted by molar-refractivity contribution is 6.31. The summed E-state index contributed by atoms with van der Waals surface area (Å²) < 4.78 is 0. The maximum atomic E-state index is 13.1. The van der Waals surface area contributed by atoms with Crippen LogP contribution in [0.4, 0.5) is 0 Å². The molecule has 0 aliphatic carbocycles. The molecule has 178 valence electrons. The van der Waals surface area contributed by atoms with Crippen LogP contribution in [0.2, 0.25) is 5.02 Å². The smallest absolute Gasteiger partial charge is 0.303 e. The molecule has 0 spiro atoms. The third-order valence-corrected chi connectivity index (χ3v) is 7.09. The fourth-order valence-corrected chi connectivity index (χ4v) is 4.89. The zero-order valence-electron chi connectivity index (χ0n) is 21.0. The van der Waals surface area contributed by atoms with Crippen LogP contribution >= 0.6 is 11.6 Å². The number of hydrogen-bond donors (Lipinski definition) is 1. The van der Waals surface area contributed by atoms with E-state index in [2.05, 4.69) is 53.7 Å². The zero-order valence-corrected chi connectivity index (χ0v) is 21.8. The first-order valence-corrected chi connectivity index (χ1v) is 12.0. The summed E-state index contributed by atoms with van der Waals surface area (Å²) in [6.07, 6.45) is 4.85. The van der Waals surface area contributed by atoms with Crippen molar-refractivity contribution in [3.05, 3.63) is 46.1 Å². The van der Waals surface area contributed by atoms with Gasteiger partial charge in [-0.25, -0.2) is 0 Å². The predicted octanol–water partition coefficient (Wildman–Crippen LogP) is 6.99. The Balaban J connectivity index is 2.52. The fraction of sp³-hybridized carbons (Fsp3) is 0.630. The standard InChI is InChI=1S/C27H40ClNO3/c1-18(2)29-17-22(26(6,7)14-12-24(31)32)27(8,16-23(29)30)20-10-9-19(21(28)15-20)11-13-25(3,4)5/h9-10,15,17-18H,11-14,16H2,1-8H3,(H,31,32). The summed E-state index contributed by atoms with van der Waals surface area (Å²) in [7, 11) is 0. The van der Waals surface area contributed by atoms with Crippen LogP contribution in [0.1, 0.15) is 92.2 Å². The van der Waals surface area contributed by atoms with E-state index in [4.69, 9.17) is 11.6 Å². The van der Waals surface area contributed by atoms with Gasteiger partial charge in [-0.15, -0.1) is 0 Å². The quantitative estimate of drug-likeness (QED) is 0.453. The van der Waals surface area contributed by atoms with E-state index in [-0.39, 0.29) is 23.8 Å². The summed E-state index contributed by atoms with van der Waals surface area (Å²) in [6.45, 7) is 16.9. The molecule has 0 saturated carbocycles. The molecule has 0 saturated heterocycles. The van der Waals surface area contributed by atoms with Crippen LogP contribution in [-0.4, -0.2) is 27.9 Å². The number of amides is 1. The summed E-state index contributed by atoms with van der Waals surface area (Å²) in [5.74, 6) is -0.729. The van der Waals surface area contributed by atoms with Gasteiger partial charge in [-0.1, -0.05) is 65.3 Å². The normalized spacial score (nSPS) is 20.0. The first kappa shape index (κ1) is 26.4. The number of carbonyl (C=O) groups excluding carboxylic acids is 1. The second-order valence-corrected chi connectivity index (χ2v) is 12.0. The number of carboxylic acids is 1. The Morgan fingerprint density at radius 3 is 2.31 bits per heavy atom. The van der Waals surface area contributed by atoms with Crippen LogP contribution in [0.15, 0.2) is 30.0 Å². The predicted molar refractivity (Wildman–Crippen MR) is 132 cm³/mol. The average Bonchev–Trinajstić information content (AvgIpc) is 2.64. The van der Waals surface area contributed by atoms with Gasteiger partial charge in [-0.2, -0.15) is 0 Å². The maximum Gasteiger partial charge on any atom is 0.303 e. The molecule has 1 unspecified atom stereocenters. The van der Waals surface area contributed by atoms with Crippen molar-refractivity contribution in [3.63, 3.8) is 0 Å². The number of carboxylic acid groups (broad SMARTS) is 1. The molecule has 1 atom stereocenters. The van der Waals surface area contributed by atoms with Crippen molar-refractivity contribution in [3.8, 4) is 0 Å². The lowest BCUT2D eigenvalue weighted by molar-refractivity contribution is -0.138. The van der Waals surface area contributed by atoms with Crippen LogP contribution in [0.25, 0.3) is 0 Å². The lowest BCUT2D eigenvalue weighted by atomic mass is 9.61. The molecule has 0 radical (unpaired) electrons. The molecule has 0 bridgehead atoms. The fourth-order valence-electron chi connectivity index (χ4n) is 4.62. The lowest BCUT2D eigenvalue weighted by Gasteiger charge is -2.46. The molecule has 0 aromatic heterocycles. The summed E-state index contributed by atoms with van der Waals surface area (Å²) in [6, 6.07) is 6.25. The molecule has 1 aromatic rings. The third kappa shape index (κ3) is 6.15. The highest BCUT2D eigenvalue weighted by Gasteiger charge is 2.45. The van der Waals surface area contributed by atoms with Gasteiger partial charge in [0.05, 0.1) is 0 Å². The maximum absolute atomic E-state index is 13.1. The molecule has 1 N–H and O–H groups in total. The largest absolute Gasteiger partial charge is 0.481 e. The third-order valence-electron chi connectivity index (χ3n) is 6.74. The molecule has 0 fully saturated rings. The van der Waals surface area contributed by atoms with Gasteiger partial charge in [0, 0.05) is 35.5 Å². The number of nitrogens with zero attached hydrogens (tertiary/aromatic N) is 1. The molecule has 1 amide bonds. The number of aliphatic carboxylic acids is 1. The van der Waals surface area contributed by atoms with Crippen molar-refractivity contribution in [2.45, 2.75) is 99.0 Å². The van der Waals surface area contributed by atoms with E-state index in [1.165, 1.54) is 0 Å². The minimum absolute atomic E-state index is 0.0423. The molecule has 2 rings (SSSR count). The Labute approximate surface area is 199 Å². The topological polar surface area (TPSA) is 57.6 Å². The van der Waals surface area contributed by atoms with Crippen molar-refractivity contribution in [2.75, 3.05) is 0 Å². The van der Waals surface area contributed by atoms with Crippen molar-refractivity contribution < 1.29 is 14.7 Å². The number of aryl methyl sites for hydroxylation is 1. The van der Waals surface area contributed by atoms with Crippen molar-refractivity contribution in [2.24, 2.45) is 10.8 Å². The first-order chi connectivity index (χ1) is 14.6. The second-order valence-electron chi connectivity index (χ2n) is 11.6. The highest BCUT2D eigenvalue weighted by atomic mass is 35.5. The molecule has 1 aromatic carbocycles. The minimum atomic E-state index is -0.806.